The van der Waals surface area contributed by atoms with Crippen molar-refractivity contribution in [2.45, 2.75) is 4.90 Å². The number of para-hydroxylation sites is 1. The van der Waals surface area contributed by atoms with Crippen LogP contribution >= 0.6 is 11.8 Å². The van der Waals surface area contributed by atoms with Gasteiger partial charge in [-0.3, -0.25) is 14.9 Å². The van der Waals surface area contributed by atoms with E-state index in [1.165, 1.54) is 30.9 Å². The molecule has 10 heteroatoms. The number of amides is 1. The maximum absolute atomic E-state index is 12.1. The molecule has 144 valence electrons. The Kier molecular flexibility index (Phi) is 7.36. The summed E-state index contributed by atoms with van der Waals surface area (Å²) < 4.78 is 4.94. The smallest absolute Gasteiger partial charge is 0.338 e. The molecule has 0 aliphatic rings. The monoisotopic (exact) mass is 400 g/mol. The number of rotatable bonds is 8. The van der Waals surface area contributed by atoms with Crippen LogP contribution in [0.15, 0.2) is 47.4 Å². The summed E-state index contributed by atoms with van der Waals surface area (Å²) in [6.07, 6.45) is 0. The van der Waals surface area contributed by atoms with E-state index in [9.17, 15) is 19.7 Å². The van der Waals surface area contributed by atoms with Gasteiger partial charge in [0.1, 0.15) is 5.69 Å². The third-order valence-corrected chi connectivity index (χ3v) is 4.43. The van der Waals surface area contributed by atoms with Crippen LogP contribution in [0.25, 0.3) is 0 Å². The van der Waals surface area contributed by atoms with Gasteiger partial charge in [-0.05, 0) is 24.3 Å². The van der Waals surface area contributed by atoms with Crippen molar-refractivity contribution in [1.82, 2.24) is 0 Å². The minimum absolute atomic E-state index is 0.0384. The molecular formula is C18H16N4O5S. The maximum Gasteiger partial charge on any atom is 0.338 e. The van der Waals surface area contributed by atoms with E-state index in [0.717, 1.165) is 6.07 Å². The summed E-state index contributed by atoms with van der Waals surface area (Å²) in [5.41, 5.74) is 0.442. The topological polar surface area (TPSA) is 134 Å². The molecule has 0 radical (unpaired) electrons. The molecular weight excluding hydrogens is 384 g/mol. The van der Waals surface area contributed by atoms with Crippen molar-refractivity contribution in [2.75, 3.05) is 30.0 Å². The molecule has 0 heterocycles. The average molecular weight is 400 g/mol. The number of esters is 1. The first kappa shape index (κ1) is 20.7. The van der Waals surface area contributed by atoms with E-state index in [1.54, 1.807) is 24.3 Å². The van der Waals surface area contributed by atoms with Crippen LogP contribution < -0.4 is 10.6 Å². The zero-order valence-electron chi connectivity index (χ0n) is 14.8. The summed E-state index contributed by atoms with van der Waals surface area (Å²) >= 11 is 1.26. The molecule has 2 aromatic rings. The van der Waals surface area contributed by atoms with Gasteiger partial charge in [0.15, 0.2) is 6.61 Å². The molecule has 0 saturated heterocycles. The summed E-state index contributed by atoms with van der Waals surface area (Å²) in [5.74, 6) is -1.20. The first-order valence-electron chi connectivity index (χ1n) is 7.98. The number of ether oxygens (including phenoxy) is 1. The molecule has 0 saturated carbocycles. The molecule has 0 aliphatic carbocycles. The van der Waals surface area contributed by atoms with Crippen LogP contribution in [0.3, 0.4) is 0 Å². The summed E-state index contributed by atoms with van der Waals surface area (Å²) in [7, 11) is 1.53. The first-order valence-corrected chi connectivity index (χ1v) is 8.96. The van der Waals surface area contributed by atoms with Crippen LogP contribution in [0.5, 0.6) is 0 Å². The number of hydrogen-bond donors (Lipinski definition) is 2. The lowest BCUT2D eigenvalue weighted by atomic mass is 10.1. The van der Waals surface area contributed by atoms with E-state index < -0.39 is 23.4 Å². The van der Waals surface area contributed by atoms with Gasteiger partial charge < -0.3 is 15.4 Å². The Hall–Kier alpha value is -3.58. The van der Waals surface area contributed by atoms with E-state index in [4.69, 9.17) is 10.00 Å². The van der Waals surface area contributed by atoms with E-state index in [0.29, 0.717) is 10.6 Å². The van der Waals surface area contributed by atoms with Gasteiger partial charge in [-0.1, -0.05) is 12.1 Å². The third-order valence-electron chi connectivity index (χ3n) is 3.49. The van der Waals surface area contributed by atoms with Crippen molar-refractivity contribution in [1.29, 1.82) is 5.26 Å². The van der Waals surface area contributed by atoms with Crippen molar-refractivity contribution in [2.24, 2.45) is 0 Å². The average Bonchev–Trinajstić information content (AvgIpc) is 2.70. The fourth-order valence-electron chi connectivity index (χ4n) is 2.23. The van der Waals surface area contributed by atoms with E-state index in [-0.39, 0.29) is 22.7 Å². The number of carbonyl (C=O) groups excluding carboxylic acids is 2. The number of thioether (sulfide) groups is 1. The third kappa shape index (κ3) is 5.46. The molecule has 0 bridgehead atoms. The quantitative estimate of drug-likeness (QED) is 0.299. The molecule has 2 rings (SSSR count). The minimum Gasteiger partial charge on any atom is -0.452 e. The van der Waals surface area contributed by atoms with Crippen molar-refractivity contribution >= 4 is 40.7 Å². The Bertz CT molecular complexity index is 942. The van der Waals surface area contributed by atoms with E-state index in [2.05, 4.69) is 10.6 Å². The highest BCUT2D eigenvalue weighted by Gasteiger charge is 2.18. The zero-order chi connectivity index (χ0) is 20.5. The minimum atomic E-state index is -0.854. The predicted molar refractivity (Wildman–Crippen MR) is 104 cm³/mol. The van der Waals surface area contributed by atoms with Gasteiger partial charge in [0.25, 0.3) is 11.6 Å². The van der Waals surface area contributed by atoms with Crippen LogP contribution in [0.1, 0.15) is 10.4 Å². The number of anilines is 2. The summed E-state index contributed by atoms with van der Waals surface area (Å²) in [5, 5.41) is 25.0. The normalized spacial score (nSPS) is 9.86. The van der Waals surface area contributed by atoms with Gasteiger partial charge in [0.2, 0.25) is 0 Å². The SMILES string of the molecule is CNc1ccc(C(=O)OCC(=O)Nc2ccccc2SCC#N)cc1[N+](=O)[O-]. The fourth-order valence-corrected chi connectivity index (χ4v) is 2.90. The van der Waals surface area contributed by atoms with Gasteiger partial charge >= 0.3 is 5.97 Å². The lowest BCUT2D eigenvalue weighted by molar-refractivity contribution is -0.384. The highest BCUT2D eigenvalue weighted by Crippen LogP contribution is 2.27. The van der Waals surface area contributed by atoms with Crippen LogP contribution in [0.4, 0.5) is 17.1 Å². The summed E-state index contributed by atoms with van der Waals surface area (Å²) in [4.78, 5) is 35.3. The molecule has 0 unspecified atom stereocenters. The molecule has 1 amide bonds. The van der Waals surface area contributed by atoms with E-state index >= 15 is 0 Å². The van der Waals surface area contributed by atoms with Gasteiger partial charge in [-0.25, -0.2) is 4.79 Å². The first-order chi connectivity index (χ1) is 13.5. The predicted octanol–water partition coefficient (Wildman–Crippen LogP) is 3.05. The molecule has 0 atom stereocenters. The molecule has 0 aliphatic heterocycles. The van der Waals surface area contributed by atoms with Gasteiger partial charge in [-0.2, -0.15) is 5.26 Å². The largest absolute Gasteiger partial charge is 0.452 e. The number of carbonyl (C=O) groups is 2. The van der Waals surface area contributed by atoms with Gasteiger partial charge in [0, 0.05) is 18.0 Å². The fraction of sp³-hybridized carbons (Fsp3) is 0.167. The molecule has 0 fully saturated rings. The highest BCUT2D eigenvalue weighted by molar-refractivity contribution is 7.99. The molecule has 28 heavy (non-hydrogen) atoms. The lowest BCUT2D eigenvalue weighted by Gasteiger charge is -2.10. The van der Waals surface area contributed by atoms with Gasteiger partial charge in [0.05, 0.1) is 28.0 Å². The second-order valence-corrected chi connectivity index (χ2v) is 6.32. The van der Waals surface area contributed by atoms with Crippen molar-refractivity contribution < 1.29 is 19.2 Å². The summed E-state index contributed by atoms with van der Waals surface area (Å²) in [6.45, 7) is -0.558. The zero-order valence-corrected chi connectivity index (χ0v) is 15.6. The van der Waals surface area contributed by atoms with Crippen molar-refractivity contribution in [3.63, 3.8) is 0 Å². The Morgan fingerprint density at radius 3 is 2.68 bits per heavy atom. The number of hydrogen-bond acceptors (Lipinski definition) is 8. The number of nitro benzene ring substituents is 1. The highest BCUT2D eigenvalue weighted by atomic mass is 32.2. The van der Waals surface area contributed by atoms with Crippen LogP contribution in [0, 0.1) is 21.4 Å². The van der Waals surface area contributed by atoms with Crippen LogP contribution in [-0.4, -0.2) is 36.2 Å². The van der Waals surface area contributed by atoms with E-state index in [1.807, 2.05) is 6.07 Å². The Morgan fingerprint density at radius 1 is 1.25 bits per heavy atom. The Labute approximate surface area is 164 Å². The molecule has 2 N–H and O–H groups in total. The Balaban J connectivity index is 2.00. The van der Waals surface area contributed by atoms with Crippen LogP contribution in [-0.2, 0) is 9.53 Å². The number of benzene rings is 2. The maximum atomic E-state index is 12.1. The number of nitriles is 1. The van der Waals surface area contributed by atoms with Crippen LogP contribution in [0.2, 0.25) is 0 Å². The van der Waals surface area contributed by atoms with Crippen molar-refractivity contribution in [3.05, 3.63) is 58.1 Å². The second kappa shape index (κ2) is 9.94. The molecule has 9 nitrogen and oxygen atoms in total. The summed E-state index contributed by atoms with van der Waals surface area (Å²) in [6, 6.07) is 12.8. The molecule has 0 spiro atoms. The molecule has 2 aromatic carbocycles. The standard InChI is InChI=1S/C18H16N4O5S/c1-20-13-7-6-12(10-15(13)22(25)26)18(24)27-11-17(23)21-14-4-2-3-5-16(14)28-9-8-19/h2-7,10,20H,9,11H2,1H3,(H,21,23). The number of nitrogens with zero attached hydrogens (tertiary/aromatic N) is 2. The second-order valence-electron chi connectivity index (χ2n) is 5.31. The Morgan fingerprint density at radius 2 is 2.00 bits per heavy atom. The lowest BCUT2D eigenvalue weighted by Crippen LogP contribution is -2.21. The van der Waals surface area contributed by atoms with Gasteiger partial charge in [-0.15, -0.1) is 11.8 Å². The van der Waals surface area contributed by atoms with Crippen molar-refractivity contribution in [3.8, 4) is 6.07 Å². The number of nitro groups is 1. The number of nitrogens with one attached hydrogen (secondary N) is 2. The molecule has 0 aromatic heterocycles.